The van der Waals surface area contributed by atoms with Gasteiger partial charge in [0.2, 0.25) is 0 Å². The second-order valence-corrected chi connectivity index (χ2v) is 24.7. The molecule has 0 rings (SSSR count). The van der Waals surface area contributed by atoms with E-state index in [4.69, 9.17) is 0 Å². The van der Waals surface area contributed by atoms with Crippen molar-refractivity contribution in [1.29, 1.82) is 0 Å². The zero-order valence-corrected chi connectivity index (χ0v) is 26.3. The van der Waals surface area contributed by atoms with Crippen molar-refractivity contribution in [1.82, 2.24) is 0 Å². The Hall–Kier alpha value is 1.16. The summed E-state index contributed by atoms with van der Waals surface area (Å²) >= 11 is 3.18. The van der Waals surface area contributed by atoms with Crippen LogP contribution in [0.1, 0.15) is 169 Å². The summed E-state index contributed by atoms with van der Waals surface area (Å²) in [5, 5.41) is 0. The molecule has 196 valence electrons. The Morgan fingerprint density at radius 2 is 0.500 bits per heavy atom. The van der Waals surface area contributed by atoms with E-state index in [0.29, 0.717) is 0 Å². The average Bonchev–Trinajstić information content (AvgIpc) is 2.79. The summed E-state index contributed by atoms with van der Waals surface area (Å²) in [6.45, 7) is 9.41. The summed E-state index contributed by atoms with van der Waals surface area (Å²) in [5.41, 5.74) is 0. The second kappa shape index (κ2) is 22.6. The van der Waals surface area contributed by atoms with Crippen LogP contribution in [-0.2, 0) is 0 Å². The van der Waals surface area contributed by atoms with Crippen LogP contribution in [0.25, 0.3) is 0 Å². The van der Waals surface area contributed by atoms with Crippen LogP contribution in [0.2, 0.25) is 0 Å². The Morgan fingerprint density at radius 1 is 0.312 bits per heavy atom. The molecule has 0 N–H and O–H groups in total. The summed E-state index contributed by atoms with van der Waals surface area (Å²) in [5.74, 6) is 0. The van der Waals surface area contributed by atoms with Crippen molar-refractivity contribution >= 4 is 26.3 Å². The predicted octanol–water partition coefficient (Wildman–Crippen LogP) is 12.6. The molecule has 2 heteroatoms. The fraction of sp³-hybridized carbons (Fsp3) is 1.00. The maximum atomic E-state index is 3.18. The van der Waals surface area contributed by atoms with E-state index in [1.165, 1.54) is 141 Å². The van der Waals surface area contributed by atoms with Gasteiger partial charge in [0.15, 0.2) is 0 Å². The topological polar surface area (TPSA) is 0 Å². The zero-order chi connectivity index (χ0) is 23.8. The third kappa shape index (κ3) is 18.5. The molecule has 0 aromatic carbocycles. The first-order chi connectivity index (χ1) is 15.5. The van der Waals surface area contributed by atoms with E-state index >= 15 is 0 Å². The molecule has 0 bridgehead atoms. The molecule has 0 nitrogen and oxygen atoms in total. The number of rotatable bonds is 26. The summed E-state index contributed by atoms with van der Waals surface area (Å²) < 4.78 is -1.56. The van der Waals surface area contributed by atoms with Crippen LogP contribution in [0.3, 0.4) is 0 Å². The molecule has 0 unspecified atom stereocenters. The van der Waals surface area contributed by atoms with Crippen molar-refractivity contribution in [2.75, 3.05) is 24.6 Å². The molecule has 32 heavy (non-hydrogen) atoms. The van der Waals surface area contributed by atoms with Gasteiger partial charge in [0.1, 0.15) is 0 Å². The van der Waals surface area contributed by atoms with E-state index in [-0.39, 0.29) is 0 Å². The van der Waals surface area contributed by atoms with Gasteiger partial charge in [-0.3, -0.25) is 0 Å². The van der Waals surface area contributed by atoms with Gasteiger partial charge in [-0.25, -0.2) is 0 Å². The monoisotopic (exact) mass is 582 g/mol. The van der Waals surface area contributed by atoms with Gasteiger partial charge in [0, 0.05) is 0 Å². The Balaban J connectivity index is 4.70. The van der Waals surface area contributed by atoms with E-state index in [9.17, 15) is 0 Å². The van der Waals surface area contributed by atoms with Crippen LogP contribution in [0.4, 0.5) is 0 Å². The molecule has 0 fully saturated rings. The van der Waals surface area contributed by atoms with Crippen LogP contribution >= 0.6 is 26.3 Å². The van der Waals surface area contributed by atoms with Gasteiger partial charge in [-0.1, -0.05) is 0 Å². The molecule has 0 aromatic heterocycles. The molecule has 0 atom stereocenters. The molecule has 0 saturated heterocycles. The minimum atomic E-state index is -1.56. The quantitative estimate of drug-likeness (QED) is 0.0541. The number of unbranched alkanes of at least 4 members (excludes halogenated alkanes) is 18. The fourth-order valence-corrected chi connectivity index (χ4v) is 15.0. The van der Waals surface area contributed by atoms with Crippen molar-refractivity contribution in [2.45, 2.75) is 169 Å². The number of hydrogen-bond acceptors (Lipinski definition) is 0. The predicted molar refractivity (Wildman–Crippen MR) is 165 cm³/mol. The van der Waals surface area contributed by atoms with Gasteiger partial charge in [-0.2, -0.15) is 0 Å². The molecule has 0 aliphatic rings. The standard InChI is InChI=1S/C30H64IP/c1-5-9-13-17-18-19-20-21-22-26-30-32(31,27-23-14-10-6-2,28-24-15-11-7-3)29-25-16-12-8-4/h5-30H2,1-4H3. The van der Waals surface area contributed by atoms with Crippen molar-refractivity contribution in [3.8, 4) is 0 Å². The maximum absolute atomic E-state index is 3.18. The van der Waals surface area contributed by atoms with Gasteiger partial charge < -0.3 is 0 Å². The van der Waals surface area contributed by atoms with Crippen LogP contribution < -0.4 is 0 Å². The molecule has 0 radical (unpaired) electrons. The Kier molecular flexibility index (Phi) is 23.4. The fourth-order valence-electron chi connectivity index (χ4n) is 5.47. The first kappa shape index (κ1) is 33.2. The van der Waals surface area contributed by atoms with E-state index in [1.54, 1.807) is 24.6 Å². The van der Waals surface area contributed by atoms with Crippen LogP contribution in [0.15, 0.2) is 0 Å². The molecular formula is C30H64IP. The van der Waals surface area contributed by atoms with E-state index in [2.05, 4.69) is 49.7 Å². The molecule has 0 aliphatic heterocycles. The second-order valence-electron chi connectivity index (χ2n) is 11.1. The summed E-state index contributed by atoms with van der Waals surface area (Å²) in [6.07, 6.45) is 38.7. The van der Waals surface area contributed by atoms with Gasteiger partial charge in [-0.05, 0) is 0 Å². The van der Waals surface area contributed by atoms with Crippen molar-refractivity contribution in [3.63, 3.8) is 0 Å². The average molecular weight is 583 g/mol. The first-order valence-electron chi connectivity index (χ1n) is 15.3. The number of hydrogen-bond donors (Lipinski definition) is 0. The van der Waals surface area contributed by atoms with Crippen molar-refractivity contribution in [3.05, 3.63) is 0 Å². The van der Waals surface area contributed by atoms with E-state index in [1.807, 2.05) is 0 Å². The van der Waals surface area contributed by atoms with Gasteiger partial charge in [0.05, 0.1) is 0 Å². The van der Waals surface area contributed by atoms with Gasteiger partial charge in [0.25, 0.3) is 0 Å². The zero-order valence-electron chi connectivity index (χ0n) is 23.2. The van der Waals surface area contributed by atoms with Gasteiger partial charge >= 0.3 is 220 Å². The van der Waals surface area contributed by atoms with Crippen molar-refractivity contribution in [2.24, 2.45) is 0 Å². The third-order valence-corrected chi connectivity index (χ3v) is 19.3. The molecular weight excluding hydrogens is 518 g/mol. The van der Waals surface area contributed by atoms with Crippen LogP contribution in [-0.4, -0.2) is 24.6 Å². The molecule has 0 heterocycles. The van der Waals surface area contributed by atoms with Crippen molar-refractivity contribution < 1.29 is 0 Å². The molecule has 0 amide bonds. The SMILES string of the molecule is CCCCCCCCCCCCP(I)(CCCCCC)(CCCCCC)CCCCCC. The Morgan fingerprint density at radius 3 is 0.750 bits per heavy atom. The van der Waals surface area contributed by atoms with Crippen LogP contribution in [0, 0.1) is 0 Å². The number of halogens is 1. The van der Waals surface area contributed by atoms with Crippen LogP contribution in [0.5, 0.6) is 0 Å². The summed E-state index contributed by atoms with van der Waals surface area (Å²) in [6, 6.07) is 0. The normalized spacial score (nSPS) is 13.3. The molecule has 0 aliphatic carbocycles. The minimum absolute atomic E-state index is 1.37. The van der Waals surface area contributed by atoms with Gasteiger partial charge in [-0.15, -0.1) is 0 Å². The third-order valence-electron chi connectivity index (χ3n) is 7.78. The Labute approximate surface area is 219 Å². The molecule has 0 saturated carbocycles. The first-order valence-corrected chi connectivity index (χ1v) is 21.0. The summed E-state index contributed by atoms with van der Waals surface area (Å²) in [4.78, 5) is 0. The summed E-state index contributed by atoms with van der Waals surface area (Å²) in [7, 11) is 0. The van der Waals surface area contributed by atoms with E-state index in [0.717, 1.165) is 0 Å². The van der Waals surface area contributed by atoms with E-state index < -0.39 is 4.25 Å². The Bertz CT molecular complexity index is 347. The molecule has 0 aromatic rings. The molecule has 0 spiro atoms.